The molecule has 110 valence electrons. The summed E-state index contributed by atoms with van der Waals surface area (Å²) in [6.45, 7) is 2.45. The summed E-state index contributed by atoms with van der Waals surface area (Å²) in [7, 11) is 0. The van der Waals surface area contributed by atoms with Gasteiger partial charge in [-0.1, -0.05) is 36.4 Å². The van der Waals surface area contributed by atoms with E-state index in [2.05, 4.69) is 21.0 Å². The van der Waals surface area contributed by atoms with Crippen LogP contribution in [0.4, 0.5) is 0 Å². The molecule has 3 rings (SSSR count). The molecule has 0 atom stereocenters. The molecule has 4 heteroatoms. The van der Waals surface area contributed by atoms with E-state index in [1.807, 2.05) is 49.5 Å². The lowest BCUT2D eigenvalue weighted by Gasteiger charge is -2.05. The highest BCUT2D eigenvalue weighted by Gasteiger charge is 2.01. The van der Waals surface area contributed by atoms with Crippen LogP contribution in [0.25, 0.3) is 0 Å². The Morgan fingerprint density at radius 3 is 2.18 bits per heavy atom. The van der Waals surface area contributed by atoms with Crippen LogP contribution < -0.4 is 4.74 Å². The molecule has 0 bridgehead atoms. The van der Waals surface area contributed by atoms with Crippen LogP contribution >= 0.6 is 0 Å². The quantitative estimate of drug-likeness (QED) is 0.723. The summed E-state index contributed by atoms with van der Waals surface area (Å²) in [4.78, 5) is 12.8. The summed E-state index contributed by atoms with van der Waals surface area (Å²) in [5.74, 6) is 0. The molecule has 0 unspecified atom stereocenters. The van der Waals surface area contributed by atoms with Gasteiger partial charge in [0.1, 0.15) is 6.61 Å². The van der Waals surface area contributed by atoms with Gasteiger partial charge in [0.05, 0.1) is 0 Å². The van der Waals surface area contributed by atoms with Gasteiger partial charge < -0.3 is 4.74 Å². The van der Waals surface area contributed by atoms with Crippen LogP contribution in [0.5, 0.6) is 6.01 Å². The summed E-state index contributed by atoms with van der Waals surface area (Å²) in [5.41, 5.74) is 4.30. The predicted molar refractivity (Wildman–Crippen MR) is 84.6 cm³/mol. The van der Waals surface area contributed by atoms with E-state index in [-0.39, 0.29) is 0 Å². The first-order valence-electron chi connectivity index (χ1n) is 7.19. The third kappa shape index (κ3) is 3.88. The molecule has 22 heavy (non-hydrogen) atoms. The highest BCUT2D eigenvalue weighted by molar-refractivity contribution is 5.22. The molecule has 2 aromatic heterocycles. The number of aryl methyl sites for hydroxylation is 1. The monoisotopic (exact) mass is 291 g/mol. The second-order valence-electron chi connectivity index (χ2n) is 5.13. The fourth-order valence-electron chi connectivity index (χ4n) is 2.07. The average Bonchev–Trinajstić information content (AvgIpc) is 2.57. The molecule has 0 fully saturated rings. The van der Waals surface area contributed by atoms with E-state index >= 15 is 0 Å². The first-order valence-corrected chi connectivity index (χ1v) is 7.19. The van der Waals surface area contributed by atoms with Gasteiger partial charge in [0.15, 0.2) is 0 Å². The van der Waals surface area contributed by atoms with Crippen molar-refractivity contribution in [2.75, 3.05) is 0 Å². The second-order valence-corrected chi connectivity index (χ2v) is 5.13. The van der Waals surface area contributed by atoms with Crippen LogP contribution in [0.1, 0.15) is 22.4 Å². The van der Waals surface area contributed by atoms with Crippen molar-refractivity contribution >= 4 is 0 Å². The number of hydrogen-bond donors (Lipinski definition) is 0. The Labute approximate surface area is 129 Å². The minimum absolute atomic E-state index is 0.398. The molecule has 0 saturated heterocycles. The molecule has 1 aromatic carbocycles. The zero-order valence-electron chi connectivity index (χ0n) is 12.4. The van der Waals surface area contributed by atoms with Gasteiger partial charge in [0.25, 0.3) is 0 Å². The third-order valence-corrected chi connectivity index (χ3v) is 3.27. The summed E-state index contributed by atoms with van der Waals surface area (Å²) in [5, 5.41) is 0. The van der Waals surface area contributed by atoms with Crippen LogP contribution in [-0.2, 0) is 13.0 Å². The van der Waals surface area contributed by atoms with Gasteiger partial charge in [-0.25, -0.2) is 9.97 Å². The van der Waals surface area contributed by atoms with E-state index in [1.54, 1.807) is 12.4 Å². The minimum atomic E-state index is 0.398. The van der Waals surface area contributed by atoms with E-state index in [1.165, 1.54) is 0 Å². The van der Waals surface area contributed by atoms with Crippen molar-refractivity contribution in [2.24, 2.45) is 0 Å². The van der Waals surface area contributed by atoms with Gasteiger partial charge in [-0.15, -0.1) is 0 Å². The number of hydrogen-bond acceptors (Lipinski definition) is 4. The maximum Gasteiger partial charge on any atom is 0.316 e. The summed E-state index contributed by atoms with van der Waals surface area (Å²) < 4.78 is 5.58. The zero-order chi connectivity index (χ0) is 15.2. The van der Waals surface area contributed by atoms with E-state index < -0.39 is 0 Å². The van der Waals surface area contributed by atoms with Gasteiger partial charge in [-0.3, -0.25) is 4.98 Å². The molecule has 0 radical (unpaired) electrons. The molecular weight excluding hydrogens is 274 g/mol. The standard InChI is InChI=1S/C18H17N3O/c1-14-7-8-16(10-19-14)9-17-11-20-18(21-12-17)22-13-15-5-3-2-4-6-15/h2-8,10-12H,9,13H2,1H3. The number of nitrogens with zero attached hydrogens (tertiary/aromatic N) is 3. The summed E-state index contributed by atoms with van der Waals surface area (Å²) in [6, 6.07) is 14.5. The lowest BCUT2D eigenvalue weighted by molar-refractivity contribution is 0.280. The normalized spacial score (nSPS) is 10.4. The second kappa shape index (κ2) is 6.80. The van der Waals surface area contributed by atoms with Crippen LogP contribution in [0, 0.1) is 6.92 Å². The first-order chi connectivity index (χ1) is 10.8. The molecule has 0 spiro atoms. The Hall–Kier alpha value is -2.75. The SMILES string of the molecule is Cc1ccc(Cc2cnc(OCc3ccccc3)nc2)cn1. The number of pyridine rings is 1. The van der Waals surface area contributed by atoms with Gasteiger partial charge in [-0.2, -0.15) is 0 Å². The van der Waals surface area contributed by atoms with Crippen LogP contribution in [-0.4, -0.2) is 15.0 Å². The van der Waals surface area contributed by atoms with Gasteiger partial charge in [-0.05, 0) is 29.7 Å². The Balaban J connectivity index is 1.59. The molecule has 4 nitrogen and oxygen atoms in total. The Morgan fingerprint density at radius 1 is 0.773 bits per heavy atom. The summed E-state index contributed by atoms with van der Waals surface area (Å²) in [6.07, 6.45) is 6.25. The van der Waals surface area contributed by atoms with Crippen molar-refractivity contribution in [1.29, 1.82) is 0 Å². The highest BCUT2D eigenvalue weighted by atomic mass is 16.5. The first kappa shape index (κ1) is 14.2. The van der Waals surface area contributed by atoms with Gasteiger partial charge in [0.2, 0.25) is 0 Å². The molecule has 0 amide bonds. The Kier molecular flexibility index (Phi) is 4.39. The largest absolute Gasteiger partial charge is 0.459 e. The van der Waals surface area contributed by atoms with E-state index in [4.69, 9.17) is 4.74 Å². The van der Waals surface area contributed by atoms with Crippen LogP contribution in [0.3, 0.4) is 0 Å². The van der Waals surface area contributed by atoms with Crippen LogP contribution in [0.2, 0.25) is 0 Å². The maximum atomic E-state index is 5.58. The molecule has 2 heterocycles. The lowest BCUT2D eigenvalue weighted by Crippen LogP contribution is -2.00. The van der Waals surface area contributed by atoms with Crippen molar-refractivity contribution in [3.8, 4) is 6.01 Å². The molecule has 0 N–H and O–H groups in total. The average molecular weight is 291 g/mol. The van der Waals surface area contributed by atoms with E-state index in [0.717, 1.165) is 28.8 Å². The lowest BCUT2D eigenvalue weighted by atomic mass is 10.1. The number of benzene rings is 1. The smallest absolute Gasteiger partial charge is 0.316 e. The Bertz CT molecular complexity index is 710. The number of ether oxygens (including phenoxy) is 1. The van der Waals surface area contributed by atoms with Crippen molar-refractivity contribution in [2.45, 2.75) is 20.0 Å². The molecular formula is C18H17N3O. The van der Waals surface area contributed by atoms with E-state index in [9.17, 15) is 0 Å². The van der Waals surface area contributed by atoms with Crippen molar-refractivity contribution in [1.82, 2.24) is 15.0 Å². The van der Waals surface area contributed by atoms with E-state index in [0.29, 0.717) is 12.6 Å². The van der Waals surface area contributed by atoms with Gasteiger partial charge in [0, 0.05) is 30.7 Å². The van der Waals surface area contributed by atoms with Gasteiger partial charge >= 0.3 is 6.01 Å². The van der Waals surface area contributed by atoms with Crippen molar-refractivity contribution in [3.63, 3.8) is 0 Å². The fourth-order valence-corrected chi connectivity index (χ4v) is 2.07. The molecule has 0 aliphatic heterocycles. The molecule has 0 aliphatic carbocycles. The maximum absolute atomic E-state index is 5.58. The molecule has 3 aromatic rings. The third-order valence-electron chi connectivity index (χ3n) is 3.27. The van der Waals surface area contributed by atoms with Crippen LogP contribution in [0.15, 0.2) is 61.1 Å². The fraction of sp³-hybridized carbons (Fsp3) is 0.167. The van der Waals surface area contributed by atoms with Crippen molar-refractivity contribution in [3.05, 3.63) is 83.4 Å². The zero-order valence-corrected chi connectivity index (χ0v) is 12.4. The van der Waals surface area contributed by atoms with Crippen molar-refractivity contribution < 1.29 is 4.74 Å². The highest BCUT2D eigenvalue weighted by Crippen LogP contribution is 2.10. The topological polar surface area (TPSA) is 47.9 Å². The summed E-state index contributed by atoms with van der Waals surface area (Å²) >= 11 is 0. The number of aromatic nitrogens is 3. The number of rotatable bonds is 5. The molecule has 0 aliphatic rings. The predicted octanol–water partition coefficient (Wildman–Crippen LogP) is 3.35. The minimum Gasteiger partial charge on any atom is -0.459 e. The Morgan fingerprint density at radius 2 is 1.50 bits per heavy atom. The molecule has 0 saturated carbocycles.